The zero-order chi connectivity index (χ0) is 23.6. The molecule has 2 heterocycles. The van der Waals surface area contributed by atoms with Crippen LogP contribution in [-0.2, 0) is 11.2 Å². The first kappa shape index (κ1) is 22.6. The summed E-state index contributed by atoms with van der Waals surface area (Å²) >= 11 is 0. The summed E-state index contributed by atoms with van der Waals surface area (Å²) in [6.07, 6.45) is 1.34. The van der Waals surface area contributed by atoms with Crippen molar-refractivity contribution in [1.82, 2.24) is 9.97 Å². The van der Waals surface area contributed by atoms with Crippen LogP contribution in [0.4, 0.5) is 5.95 Å². The molecule has 0 atom stereocenters. The van der Waals surface area contributed by atoms with Crippen molar-refractivity contribution in [2.75, 3.05) is 25.1 Å². The Bertz CT molecular complexity index is 1200. The number of ether oxygens (including phenoxy) is 2. The number of hydrogen-bond donors (Lipinski definition) is 2. The molecule has 0 amide bonds. The van der Waals surface area contributed by atoms with E-state index in [1.807, 2.05) is 49.1 Å². The molecule has 0 spiro atoms. The number of fused-ring (bicyclic) bond motifs is 1. The van der Waals surface area contributed by atoms with Crippen molar-refractivity contribution < 1.29 is 19.4 Å². The maximum absolute atomic E-state index is 12.8. The zero-order valence-electron chi connectivity index (χ0n) is 19.1. The Labute approximate surface area is 192 Å². The molecular weight excluding hydrogens is 422 g/mol. The first-order valence-electron chi connectivity index (χ1n) is 11.1. The van der Waals surface area contributed by atoms with Crippen LogP contribution in [0.3, 0.4) is 0 Å². The summed E-state index contributed by atoms with van der Waals surface area (Å²) < 4.78 is 11.2. The van der Waals surface area contributed by atoms with Gasteiger partial charge in [-0.05, 0) is 44.7 Å². The van der Waals surface area contributed by atoms with Crippen molar-refractivity contribution in [3.05, 3.63) is 58.4 Å². The molecule has 0 aliphatic carbocycles. The Hall–Kier alpha value is -3.55. The third-order valence-electron chi connectivity index (χ3n) is 6.20. The number of aromatic nitrogens is 2. The van der Waals surface area contributed by atoms with Crippen LogP contribution in [0.15, 0.2) is 47.3 Å². The Morgan fingerprint density at radius 2 is 1.88 bits per heavy atom. The minimum Gasteiger partial charge on any atom is -0.493 e. The number of aliphatic carboxylic acids is 1. The average molecular weight is 452 g/mol. The molecule has 0 unspecified atom stereocenters. The van der Waals surface area contributed by atoms with E-state index in [-0.39, 0.29) is 11.7 Å². The quantitative estimate of drug-likeness (QED) is 0.565. The van der Waals surface area contributed by atoms with Crippen molar-refractivity contribution in [3.8, 4) is 11.5 Å². The molecule has 8 heteroatoms. The van der Waals surface area contributed by atoms with Crippen molar-refractivity contribution in [3.63, 3.8) is 0 Å². The summed E-state index contributed by atoms with van der Waals surface area (Å²) in [4.78, 5) is 34.5. The van der Waals surface area contributed by atoms with Crippen molar-refractivity contribution in [2.45, 2.75) is 39.2 Å². The summed E-state index contributed by atoms with van der Waals surface area (Å²) in [7, 11) is 1.53. The molecule has 1 fully saturated rings. The second-order valence-corrected chi connectivity index (χ2v) is 8.81. The van der Waals surface area contributed by atoms with E-state index in [2.05, 4.69) is 9.97 Å². The number of aromatic amines is 1. The molecule has 2 aromatic carbocycles. The SMILES string of the molecule is COc1cc2c(=O)[nH]c(N3CCC(Cc4ccccc4)(C(=O)O)CC3)nc2cc1OC(C)C. The molecule has 1 aliphatic heterocycles. The van der Waals surface area contributed by atoms with Gasteiger partial charge in [0.05, 0.1) is 29.5 Å². The number of carboxylic acid groups (broad SMARTS) is 1. The second-order valence-electron chi connectivity index (χ2n) is 8.81. The van der Waals surface area contributed by atoms with Gasteiger partial charge >= 0.3 is 5.97 Å². The lowest BCUT2D eigenvalue weighted by atomic mass is 9.74. The number of nitrogens with one attached hydrogen (secondary N) is 1. The van der Waals surface area contributed by atoms with Gasteiger partial charge in [-0.2, -0.15) is 0 Å². The van der Waals surface area contributed by atoms with Gasteiger partial charge in [0.1, 0.15) is 0 Å². The number of piperidine rings is 1. The lowest BCUT2D eigenvalue weighted by molar-refractivity contribution is -0.150. The highest BCUT2D eigenvalue weighted by molar-refractivity contribution is 5.83. The van der Waals surface area contributed by atoms with Gasteiger partial charge in [0.2, 0.25) is 5.95 Å². The molecule has 0 saturated carbocycles. The molecule has 3 aromatic rings. The third kappa shape index (κ3) is 4.65. The van der Waals surface area contributed by atoms with Gasteiger partial charge in [0.25, 0.3) is 5.56 Å². The fourth-order valence-electron chi connectivity index (χ4n) is 4.39. The first-order chi connectivity index (χ1) is 15.8. The summed E-state index contributed by atoms with van der Waals surface area (Å²) in [5.41, 5.74) is 0.409. The average Bonchev–Trinajstić information content (AvgIpc) is 2.79. The molecule has 4 rings (SSSR count). The number of carboxylic acids is 1. The van der Waals surface area contributed by atoms with E-state index in [9.17, 15) is 14.7 Å². The van der Waals surface area contributed by atoms with E-state index in [4.69, 9.17) is 9.47 Å². The maximum Gasteiger partial charge on any atom is 0.310 e. The molecule has 1 aliphatic rings. The number of carbonyl (C=O) groups is 1. The van der Waals surface area contributed by atoms with E-state index < -0.39 is 11.4 Å². The Kier molecular flexibility index (Phi) is 6.26. The molecule has 2 N–H and O–H groups in total. The number of H-pyrrole nitrogens is 1. The highest BCUT2D eigenvalue weighted by Gasteiger charge is 2.42. The van der Waals surface area contributed by atoms with Crippen LogP contribution in [0.5, 0.6) is 11.5 Å². The number of nitrogens with zero attached hydrogens (tertiary/aromatic N) is 2. The third-order valence-corrected chi connectivity index (χ3v) is 6.20. The predicted octanol–water partition coefficient (Wildman–Crippen LogP) is 3.63. The van der Waals surface area contributed by atoms with Crippen LogP contribution in [0.1, 0.15) is 32.3 Å². The van der Waals surface area contributed by atoms with Gasteiger partial charge in [0.15, 0.2) is 11.5 Å². The minimum absolute atomic E-state index is 0.0614. The van der Waals surface area contributed by atoms with Gasteiger partial charge < -0.3 is 19.5 Å². The molecule has 8 nitrogen and oxygen atoms in total. The van der Waals surface area contributed by atoms with Gasteiger partial charge in [0, 0.05) is 19.2 Å². The van der Waals surface area contributed by atoms with Crippen molar-refractivity contribution in [2.24, 2.45) is 5.41 Å². The Morgan fingerprint density at radius 3 is 2.48 bits per heavy atom. The minimum atomic E-state index is -0.833. The van der Waals surface area contributed by atoms with E-state index >= 15 is 0 Å². The highest BCUT2D eigenvalue weighted by Crippen LogP contribution is 2.37. The van der Waals surface area contributed by atoms with E-state index in [0.29, 0.717) is 60.7 Å². The molecule has 1 saturated heterocycles. The van der Waals surface area contributed by atoms with Crippen LogP contribution >= 0.6 is 0 Å². The topological polar surface area (TPSA) is 105 Å². The number of methoxy groups -OCH3 is 1. The van der Waals surface area contributed by atoms with Gasteiger partial charge in [-0.3, -0.25) is 14.6 Å². The second kappa shape index (κ2) is 9.13. The van der Waals surface area contributed by atoms with E-state index in [0.717, 1.165) is 5.56 Å². The zero-order valence-corrected chi connectivity index (χ0v) is 19.1. The first-order valence-corrected chi connectivity index (χ1v) is 11.1. The lowest BCUT2D eigenvalue weighted by Crippen LogP contribution is -2.46. The maximum atomic E-state index is 12.8. The normalized spacial score (nSPS) is 15.6. The molecule has 174 valence electrons. The van der Waals surface area contributed by atoms with Crippen molar-refractivity contribution in [1.29, 1.82) is 0 Å². The van der Waals surface area contributed by atoms with Crippen molar-refractivity contribution >= 4 is 22.8 Å². The largest absolute Gasteiger partial charge is 0.493 e. The summed E-state index contributed by atoms with van der Waals surface area (Å²) in [6.45, 7) is 4.80. The Morgan fingerprint density at radius 1 is 1.18 bits per heavy atom. The highest BCUT2D eigenvalue weighted by atomic mass is 16.5. The number of rotatable bonds is 7. The summed E-state index contributed by atoms with van der Waals surface area (Å²) in [5, 5.41) is 10.4. The number of anilines is 1. The smallest absolute Gasteiger partial charge is 0.310 e. The molecule has 0 bridgehead atoms. The lowest BCUT2D eigenvalue weighted by Gasteiger charge is -2.39. The van der Waals surface area contributed by atoms with Gasteiger partial charge in [-0.15, -0.1) is 0 Å². The molecular formula is C25H29N3O5. The summed E-state index contributed by atoms with van der Waals surface area (Å²) in [6, 6.07) is 13.1. The molecule has 0 radical (unpaired) electrons. The molecule has 1 aromatic heterocycles. The molecule has 33 heavy (non-hydrogen) atoms. The van der Waals surface area contributed by atoms with Gasteiger partial charge in [-0.1, -0.05) is 30.3 Å². The fraction of sp³-hybridized carbons (Fsp3) is 0.400. The summed E-state index contributed by atoms with van der Waals surface area (Å²) in [5.74, 6) is 0.650. The van der Waals surface area contributed by atoms with Crippen LogP contribution in [0, 0.1) is 5.41 Å². The fourth-order valence-corrected chi connectivity index (χ4v) is 4.39. The number of benzene rings is 2. The van der Waals surface area contributed by atoms with E-state index in [1.165, 1.54) is 7.11 Å². The van der Waals surface area contributed by atoms with Crippen LogP contribution < -0.4 is 19.9 Å². The van der Waals surface area contributed by atoms with E-state index in [1.54, 1.807) is 12.1 Å². The Balaban J connectivity index is 1.61. The van der Waals surface area contributed by atoms with Crippen LogP contribution in [0.2, 0.25) is 0 Å². The predicted molar refractivity (Wildman–Crippen MR) is 126 cm³/mol. The monoisotopic (exact) mass is 451 g/mol. The van der Waals surface area contributed by atoms with Gasteiger partial charge in [-0.25, -0.2) is 4.98 Å². The van der Waals surface area contributed by atoms with Crippen LogP contribution in [-0.4, -0.2) is 47.3 Å². The standard InChI is InChI=1S/C25H29N3O5/c1-16(2)33-21-14-19-18(13-20(21)32-3)22(29)27-24(26-19)28-11-9-25(10-12-28,23(30)31)15-17-7-5-4-6-8-17/h4-8,13-14,16H,9-12,15H2,1-3H3,(H,30,31)(H,26,27,29). The number of hydrogen-bond acceptors (Lipinski definition) is 6. The van der Waals surface area contributed by atoms with Crippen LogP contribution in [0.25, 0.3) is 10.9 Å².